The number of hydrogen-bond acceptors (Lipinski definition) is 4. The van der Waals surface area contributed by atoms with E-state index in [9.17, 15) is 8.42 Å². The Hall–Kier alpha value is -0.0500. The van der Waals surface area contributed by atoms with Crippen molar-refractivity contribution in [1.29, 1.82) is 5.41 Å². The summed E-state index contributed by atoms with van der Waals surface area (Å²) < 4.78 is 25.4. The Bertz CT molecular complexity index is 682. The van der Waals surface area contributed by atoms with Crippen LogP contribution in [0.5, 0.6) is 0 Å². The fraction of sp³-hybridized carbons (Fsp3) is 0.417. The van der Waals surface area contributed by atoms with Gasteiger partial charge in [0.25, 0.3) is 0 Å². The number of thioether (sulfide) groups is 1. The molecule has 0 amide bonds. The van der Waals surface area contributed by atoms with Crippen molar-refractivity contribution in [2.75, 3.05) is 16.4 Å². The molecule has 2 aliphatic rings. The van der Waals surface area contributed by atoms with Gasteiger partial charge in [-0.2, -0.15) is 0 Å². The third-order valence-corrected chi connectivity index (χ3v) is 7.83. The average Bonchev–Trinajstić information content (AvgIpc) is 2.70. The van der Waals surface area contributed by atoms with Gasteiger partial charge in [0.1, 0.15) is 0 Å². The SMILES string of the molecule is Cc1cc(Br)c(N2C(=N)S[C@H]3CS(=O)(=O)C[C@H]32)c(Br)c1. The van der Waals surface area contributed by atoms with E-state index in [-0.39, 0.29) is 22.8 Å². The summed E-state index contributed by atoms with van der Waals surface area (Å²) in [5.41, 5.74) is 1.94. The minimum Gasteiger partial charge on any atom is -0.314 e. The summed E-state index contributed by atoms with van der Waals surface area (Å²) in [4.78, 5) is 1.84. The summed E-state index contributed by atoms with van der Waals surface area (Å²) in [5.74, 6) is 0.294. The first-order valence-electron chi connectivity index (χ1n) is 5.99. The molecule has 0 unspecified atom stereocenters. The lowest BCUT2D eigenvalue weighted by Gasteiger charge is -2.26. The second kappa shape index (κ2) is 5.00. The number of fused-ring (bicyclic) bond motifs is 1. The molecule has 1 aromatic rings. The smallest absolute Gasteiger partial charge is 0.161 e. The van der Waals surface area contributed by atoms with E-state index in [0.717, 1.165) is 20.2 Å². The first-order valence-corrected chi connectivity index (χ1v) is 10.3. The van der Waals surface area contributed by atoms with Crippen LogP contribution in [0, 0.1) is 12.3 Å². The van der Waals surface area contributed by atoms with Crippen molar-refractivity contribution in [3.05, 3.63) is 26.6 Å². The number of aryl methyl sites for hydroxylation is 1. The van der Waals surface area contributed by atoms with Crippen molar-refractivity contribution in [3.63, 3.8) is 0 Å². The fourth-order valence-electron chi connectivity index (χ4n) is 2.69. The van der Waals surface area contributed by atoms with E-state index >= 15 is 0 Å². The van der Waals surface area contributed by atoms with Crippen molar-refractivity contribution < 1.29 is 8.42 Å². The number of nitrogens with zero attached hydrogens (tertiary/aromatic N) is 1. The predicted molar refractivity (Wildman–Crippen MR) is 90.6 cm³/mol. The normalized spacial score (nSPS) is 27.9. The van der Waals surface area contributed by atoms with E-state index in [0.29, 0.717) is 5.17 Å². The molecule has 0 aromatic heterocycles. The molecule has 0 saturated carbocycles. The van der Waals surface area contributed by atoms with Gasteiger partial charge in [-0.25, -0.2) is 8.42 Å². The second-order valence-electron chi connectivity index (χ2n) is 5.05. The molecular formula is C12H12Br2N2O2S2. The van der Waals surface area contributed by atoms with Crippen molar-refractivity contribution in [2.45, 2.75) is 18.2 Å². The molecule has 1 aromatic carbocycles. The summed E-state index contributed by atoms with van der Waals surface area (Å²) in [6, 6.07) is 3.82. The molecule has 0 bridgehead atoms. The maximum atomic E-state index is 11.8. The van der Waals surface area contributed by atoms with Crippen LogP contribution in [0.15, 0.2) is 21.1 Å². The van der Waals surface area contributed by atoms with Crippen molar-refractivity contribution in [2.24, 2.45) is 0 Å². The quantitative estimate of drug-likeness (QED) is 0.729. The Morgan fingerprint density at radius 1 is 1.30 bits per heavy atom. The zero-order valence-corrected chi connectivity index (χ0v) is 15.4. The van der Waals surface area contributed by atoms with Crippen molar-refractivity contribution in [3.8, 4) is 0 Å². The topological polar surface area (TPSA) is 61.2 Å². The molecule has 2 saturated heterocycles. The molecule has 1 N–H and O–H groups in total. The van der Waals surface area contributed by atoms with Crippen LogP contribution >= 0.6 is 43.6 Å². The largest absolute Gasteiger partial charge is 0.314 e. The number of halogens is 2. The highest BCUT2D eigenvalue weighted by Crippen LogP contribution is 2.45. The number of sulfone groups is 1. The minimum absolute atomic E-state index is 0.0346. The number of hydrogen-bond donors (Lipinski definition) is 1. The Morgan fingerprint density at radius 3 is 2.50 bits per heavy atom. The van der Waals surface area contributed by atoms with Gasteiger partial charge in [-0.1, -0.05) is 11.8 Å². The van der Waals surface area contributed by atoms with E-state index in [1.165, 1.54) is 11.8 Å². The van der Waals surface area contributed by atoms with Crippen LogP contribution in [-0.2, 0) is 9.84 Å². The van der Waals surface area contributed by atoms with E-state index < -0.39 is 9.84 Å². The predicted octanol–water partition coefficient (Wildman–Crippen LogP) is 3.17. The van der Waals surface area contributed by atoms with Gasteiger partial charge in [0.15, 0.2) is 15.0 Å². The van der Waals surface area contributed by atoms with Crippen LogP contribution in [-0.4, -0.2) is 36.4 Å². The van der Waals surface area contributed by atoms with Crippen LogP contribution in [0.2, 0.25) is 0 Å². The molecule has 0 aliphatic carbocycles. The first-order chi connectivity index (χ1) is 9.28. The Labute approximate surface area is 139 Å². The lowest BCUT2D eigenvalue weighted by molar-refractivity contribution is 0.601. The molecule has 4 nitrogen and oxygen atoms in total. The van der Waals surface area contributed by atoms with Crippen LogP contribution in [0.25, 0.3) is 0 Å². The van der Waals surface area contributed by atoms with Crippen LogP contribution in [0.1, 0.15) is 5.56 Å². The minimum atomic E-state index is -2.99. The first kappa shape index (κ1) is 14.9. The van der Waals surface area contributed by atoms with Gasteiger partial charge in [0, 0.05) is 14.2 Å². The maximum Gasteiger partial charge on any atom is 0.161 e. The van der Waals surface area contributed by atoms with E-state index in [1.54, 1.807) is 0 Å². The van der Waals surface area contributed by atoms with Gasteiger partial charge in [-0.3, -0.25) is 5.41 Å². The molecule has 2 heterocycles. The third kappa shape index (κ3) is 2.44. The summed E-state index contributed by atoms with van der Waals surface area (Å²) in [5, 5.41) is 8.55. The standard InChI is InChI=1S/C12H12Br2N2O2S2/c1-6-2-7(13)11(8(14)3-6)16-9-4-20(17,18)5-10(9)19-12(16)15/h2-3,9-10,15H,4-5H2,1H3/t9-,10+/m1/s1. The molecule has 108 valence electrons. The van der Waals surface area contributed by atoms with E-state index in [4.69, 9.17) is 5.41 Å². The molecule has 20 heavy (non-hydrogen) atoms. The molecule has 8 heteroatoms. The van der Waals surface area contributed by atoms with Gasteiger partial charge < -0.3 is 4.90 Å². The molecule has 3 rings (SSSR count). The van der Waals surface area contributed by atoms with Crippen molar-refractivity contribution in [1.82, 2.24) is 0 Å². The Balaban J connectivity index is 2.08. The highest BCUT2D eigenvalue weighted by Gasteiger charge is 2.49. The van der Waals surface area contributed by atoms with Crippen molar-refractivity contribution >= 4 is 64.3 Å². The molecule has 2 aliphatic heterocycles. The van der Waals surface area contributed by atoms with Crippen LogP contribution < -0.4 is 4.90 Å². The molecule has 0 spiro atoms. The summed E-state index contributed by atoms with van der Waals surface area (Å²) >= 11 is 8.42. The maximum absolute atomic E-state index is 11.8. The van der Waals surface area contributed by atoms with Gasteiger partial charge >= 0.3 is 0 Å². The van der Waals surface area contributed by atoms with Gasteiger partial charge in [-0.15, -0.1) is 0 Å². The van der Waals surface area contributed by atoms with Gasteiger partial charge in [0.2, 0.25) is 0 Å². The fourth-order valence-corrected chi connectivity index (χ4v) is 8.27. The van der Waals surface area contributed by atoms with Gasteiger partial charge in [0.05, 0.1) is 23.2 Å². The molecule has 0 radical (unpaired) electrons. The number of nitrogens with one attached hydrogen (secondary N) is 1. The summed E-state index contributed by atoms with van der Waals surface area (Å²) in [6.07, 6.45) is 0. The molecular weight excluding hydrogens is 428 g/mol. The second-order valence-corrected chi connectivity index (χ2v) is 10.1. The summed E-state index contributed by atoms with van der Waals surface area (Å²) in [6.45, 7) is 1.99. The zero-order valence-electron chi connectivity index (χ0n) is 10.6. The van der Waals surface area contributed by atoms with Gasteiger partial charge in [-0.05, 0) is 56.5 Å². The number of rotatable bonds is 1. The highest BCUT2D eigenvalue weighted by molar-refractivity contribution is 9.11. The third-order valence-electron chi connectivity index (χ3n) is 3.49. The van der Waals surface area contributed by atoms with E-state index in [2.05, 4.69) is 31.9 Å². The number of amidine groups is 1. The lowest BCUT2D eigenvalue weighted by atomic mass is 10.1. The Morgan fingerprint density at radius 2 is 1.90 bits per heavy atom. The average molecular weight is 440 g/mol. The monoisotopic (exact) mass is 438 g/mol. The summed E-state index contributed by atoms with van der Waals surface area (Å²) in [7, 11) is -2.99. The zero-order chi connectivity index (χ0) is 14.7. The number of benzene rings is 1. The lowest BCUT2D eigenvalue weighted by Crippen LogP contribution is -2.37. The van der Waals surface area contributed by atoms with Crippen LogP contribution in [0.3, 0.4) is 0 Å². The highest BCUT2D eigenvalue weighted by atomic mass is 79.9. The van der Waals surface area contributed by atoms with E-state index in [1.807, 2.05) is 24.0 Å². The molecule has 2 fully saturated rings. The molecule has 2 atom stereocenters. The van der Waals surface area contributed by atoms with Crippen LogP contribution in [0.4, 0.5) is 5.69 Å². The number of anilines is 1. The Kier molecular flexibility index (Phi) is 3.72.